The fraction of sp³-hybridized carbons (Fsp3) is 0.316. The Kier molecular flexibility index (Phi) is 6.50. The molecule has 1 unspecified atom stereocenters. The van der Waals surface area contributed by atoms with Crippen LogP contribution in [0.5, 0.6) is 5.75 Å². The van der Waals surface area contributed by atoms with Gasteiger partial charge in [0.25, 0.3) is 5.91 Å². The van der Waals surface area contributed by atoms with Gasteiger partial charge in [0.2, 0.25) is 10.0 Å². The fourth-order valence-corrected chi connectivity index (χ4v) is 5.01. The minimum Gasteiger partial charge on any atom is -0.481 e. The van der Waals surface area contributed by atoms with Crippen LogP contribution in [-0.4, -0.2) is 55.8 Å². The van der Waals surface area contributed by atoms with Crippen LogP contribution >= 0.6 is 23.2 Å². The molecule has 1 amide bonds. The topological polar surface area (TPSA) is 66.9 Å². The Balaban J connectivity index is 1.60. The van der Waals surface area contributed by atoms with E-state index >= 15 is 0 Å². The quantitative estimate of drug-likeness (QED) is 0.712. The molecule has 0 N–H and O–H groups in total. The van der Waals surface area contributed by atoms with Gasteiger partial charge in [0.05, 0.1) is 5.02 Å². The number of benzene rings is 2. The minimum atomic E-state index is -3.70. The first kappa shape index (κ1) is 20.9. The molecule has 0 aromatic heterocycles. The van der Waals surface area contributed by atoms with Crippen LogP contribution in [0, 0.1) is 0 Å². The third-order valence-electron chi connectivity index (χ3n) is 4.48. The average molecular weight is 443 g/mol. The minimum absolute atomic E-state index is 0.0795. The number of amides is 1. The van der Waals surface area contributed by atoms with Crippen LogP contribution in [0.2, 0.25) is 10.0 Å². The Bertz CT molecular complexity index is 943. The number of ether oxygens (including phenoxy) is 1. The molecule has 1 aliphatic rings. The Labute approximate surface area is 174 Å². The van der Waals surface area contributed by atoms with Crippen molar-refractivity contribution in [1.82, 2.24) is 9.21 Å². The van der Waals surface area contributed by atoms with Crippen LogP contribution < -0.4 is 4.74 Å². The van der Waals surface area contributed by atoms with E-state index in [1.54, 1.807) is 54.3 Å². The molecule has 1 fully saturated rings. The zero-order valence-electron chi connectivity index (χ0n) is 15.2. The molecular formula is C19H20Cl2N2O4S. The molecule has 6 nitrogen and oxygen atoms in total. The predicted octanol–water partition coefficient (Wildman–Crippen LogP) is 3.29. The summed E-state index contributed by atoms with van der Waals surface area (Å²) in [4.78, 5) is 14.3. The number of halogens is 2. The lowest BCUT2D eigenvalue weighted by Gasteiger charge is -2.35. The molecule has 0 bridgehead atoms. The number of carbonyl (C=O) groups is 1. The number of piperazine rings is 1. The first-order valence-electron chi connectivity index (χ1n) is 8.75. The van der Waals surface area contributed by atoms with E-state index in [4.69, 9.17) is 27.9 Å². The maximum Gasteiger partial charge on any atom is 0.263 e. The summed E-state index contributed by atoms with van der Waals surface area (Å²) in [5, 5.41) is 0.771. The molecular weight excluding hydrogens is 423 g/mol. The lowest BCUT2D eigenvalue weighted by Crippen LogP contribution is -2.53. The molecule has 0 radical (unpaired) electrons. The van der Waals surface area contributed by atoms with Crippen molar-refractivity contribution in [3.8, 4) is 5.75 Å². The predicted molar refractivity (Wildman–Crippen MR) is 108 cm³/mol. The van der Waals surface area contributed by atoms with Crippen molar-refractivity contribution >= 4 is 39.1 Å². The van der Waals surface area contributed by atoms with E-state index in [9.17, 15) is 13.2 Å². The summed E-state index contributed by atoms with van der Waals surface area (Å²) < 4.78 is 32.6. The van der Waals surface area contributed by atoms with E-state index in [-0.39, 0.29) is 42.0 Å². The maximum absolute atomic E-state index is 12.8. The molecule has 150 valence electrons. The van der Waals surface area contributed by atoms with Gasteiger partial charge in [-0.05, 0) is 43.3 Å². The second-order valence-corrected chi connectivity index (χ2v) is 9.12. The van der Waals surface area contributed by atoms with E-state index in [2.05, 4.69) is 0 Å². The van der Waals surface area contributed by atoms with Gasteiger partial charge in [0, 0.05) is 31.2 Å². The highest BCUT2D eigenvalue weighted by Crippen LogP contribution is 2.25. The van der Waals surface area contributed by atoms with Gasteiger partial charge in [-0.3, -0.25) is 4.79 Å². The van der Waals surface area contributed by atoms with Gasteiger partial charge >= 0.3 is 0 Å². The van der Waals surface area contributed by atoms with Gasteiger partial charge in [0.1, 0.15) is 10.6 Å². The Hall–Kier alpha value is -1.80. The van der Waals surface area contributed by atoms with Gasteiger partial charge in [0.15, 0.2) is 6.10 Å². The Morgan fingerprint density at radius 2 is 1.61 bits per heavy atom. The van der Waals surface area contributed by atoms with E-state index in [0.29, 0.717) is 10.8 Å². The van der Waals surface area contributed by atoms with E-state index in [0.717, 1.165) is 0 Å². The van der Waals surface area contributed by atoms with E-state index in [1.165, 1.54) is 10.4 Å². The van der Waals surface area contributed by atoms with Crippen LogP contribution in [0.25, 0.3) is 0 Å². The largest absolute Gasteiger partial charge is 0.481 e. The molecule has 2 aromatic rings. The van der Waals surface area contributed by atoms with Gasteiger partial charge in [-0.15, -0.1) is 0 Å². The molecule has 0 saturated carbocycles. The maximum atomic E-state index is 12.8. The summed E-state index contributed by atoms with van der Waals surface area (Å²) in [6, 6.07) is 13.1. The molecule has 1 heterocycles. The normalized spacial score (nSPS) is 16.6. The number of rotatable bonds is 5. The number of hydrogen-bond donors (Lipinski definition) is 0. The highest BCUT2D eigenvalue weighted by molar-refractivity contribution is 7.89. The lowest BCUT2D eigenvalue weighted by molar-refractivity contribution is -0.139. The zero-order chi connectivity index (χ0) is 20.3. The van der Waals surface area contributed by atoms with Gasteiger partial charge < -0.3 is 9.64 Å². The van der Waals surface area contributed by atoms with Crippen LogP contribution in [0.15, 0.2) is 53.4 Å². The van der Waals surface area contributed by atoms with Gasteiger partial charge in [-0.2, -0.15) is 4.31 Å². The fourth-order valence-electron chi connectivity index (χ4n) is 2.97. The summed E-state index contributed by atoms with van der Waals surface area (Å²) in [5.74, 6) is 0.356. The molecule has 28 heavy (non-hydrogen) atoms. The number of nitrogens with zero attached hydrogens (tertiary/aromatic N) is 2. The SMILES string of the molecule is CC(Oc1ccc(Cl)cc1)C(=O)N1CCN(S(=O)(=O)c2ccccc2Cl)CC1. The van der Waals surface area contributed by atoms with Crippen molar-refractivity contribution in [2.75, 3.05) is 26.2 Å². The number of hydrogen-bond acceptors (Lipinski definition) is 4. The third-order valence-corrected chi connectivity index (χ3v) is 7.13. The first-order valence-corrected chi connectivity index (χ1v) is 10.9. The Morgan fingerprint density at radius 1 is 1.00 bits per heavy atom. The number of sulfonamides is 1. The van der Waals surface area contributed by atoms with Crippen LogP contribution in [0.3, 0.4) is 0 Å². The van der Waals surface area contributed by atoms with Crippen molar-refractivity contribution in [1.29, 1.82) is 0 Å². The van der Waals surface area contributed by atoms with Crippen LogP contribution in [-0.2, 0) is 14.8 Å². The van der Waals surface area contributed by atoms with Gasteiger partial charge in [-0.1, -0.05) is 35.3 Å². The van der Waals surface area contributed by atoms with Crippen molar-refractivity contribution in [3.05, 3.63) is 58.6 Å². The zero-order valence-corrected chi connectivity index (χ0v) is 17.5. The van der Waals surface area contributed by atoms with Crippen LogP contribution in [0.1, 0.15) is 6.92 Å². The molecule has 2 aromatic carbocycles. The molecule has 9 heteroatoms. The third kappa shape index (κ3) is 4.60. The van der Waals surface area contributed by atoms with Gasteiger partial charge in [-0.25, -0.2) is 8.42 Å². The average Bonchev–Trinajstić information content (AvgIpc) is 2.69. The molecule has 1 saturated heterocycles. The lowest BCUT2D eigenvalue weighted by atomic mass is 10.2. The molecule has 1 aliphatic heterocycles. The summed E-state index contributed by atoms with van der Waals surface area (Å²) in [7, 11) is -3.70. The van der Waals surface area contributed by atoms with Crippen molar-refractivity contribution in [2.45, 2.75) is 17.9 Å². The number of carbonyl (C=O) groups excluding carboxylic acids is 1. The second-order valence-electron chi connectivity index (χ2n) is 6.37. The smallest absolute Gasteiger partial charge is 0.263 e. The molecule has 0 spiro atoms. The first-order chi connectivity index (χ1) is 13.3. The van der Waals surface area contributed by atoms with E-state index < -0.39 is 16.1 Å². The standard InChI is InChI=1S/C19H20Cl2N2O4S/c1-14(27-16-8-6-15(20)7-9-16)19(24)22-10-12-23(13-11-22)28(25,26)18-5-3-2-4-17(18)21/h2-9,14H,10-13H2,1H3. The van der Waals surface area contributed by atoms with Crippen molar-refractivity contribution < 1.29 is 17.9 Å². The second kappa shape index (κ2) is 8.69. The Morgan fingerprint density at radius 3 is 2.21 bits per heavy atom. The summed E-state index contributed by atoms with van der Waals surface area (Å²) in [6.07, 6.45) is -0.687. The van der Waals surface area contributed by atoms with Crippen molar-refractivity contribution in [3.63, 3.8) is 0 Å². The summed E-state index contributed by atoms with van der Waals surface area (Å²) >= 11 is 11.9. The molecule has 1 atom stereocenters. The van der Waals surface area contributed by atoms with E-state index in [1.807, 2.05) is 0 Å². The highest BCUT2D eigenvalue weighted by atomic mass is 35.5. The summed E-state index contributed by atoms with van der Waals surface area (Å²) in [6.45, 7) is 2.65. The molecule has 3 rings (SSSR count). The molecule has 0 aliphatic carbocycles. The monoisotopic (exact) mass is 442 g/mol. The highest BCUT2D eigenvalue weighted by Gasteiger charge is 2.32. The summed E-state index contributed by atoms with van der Waals surface area (Å²) in [5.41, 5.74) is 0. The van der Waals surface area contributed by atoms with Crippen LogP contribution in [0.4, 0.5) is 0 Å². The van der Waals surface area contributed by atoms with Crippen molar-refractivity contribution in [2.24, 2.45) is 0 Å².